The van der Waals surface area contributed by atoms with Crippen LogP contribution in [-0.2, 0) is 11.3 Å². The Bertz CT molecular complexity index is 789. The quantitative estimate of drug-likeness (QED) is 0.847. The van der Waals surface area contributed by atoms with Gasteiger partial charge in [-0.15, -0.1) is 16.4 Å². The molecule has 1 saturated heterocycles. The molecule has 5 nitrogen and oxygen atoms in total. The van der Waals surface area contributed by atoms with Crippen molar-refractivity contribution in [3.63, 3.8) is 0 Å². The molecule has 0 aromatic carbocycles. The fraction of sp³-hybridized carbons (Fsp3) is 0.706. The highest BCUT2D eigenvalue weighted by molar-refractivity contribution is 7.18. The Balaban J connectivity index is 1.68. The minimum atomic E-state index is 0.0333. The van der Waals surface area contributed by atoms with Gasteiger partial charge in [0.15, 0.2) is 4.83 Å². The molecular weight excluding hydrogens is 310 g/mol. The molecule has 0 radical (unpaired) electrons. The Morgan fingerprint density at radius 3 is 2.87 bits per heavy atom. The van der Waals surface area contributed by atoms with Gasteiger partial charge in [0, 0.05) is 24.6 Å². The van der Waals surface area contributed by atoms with E-state index in [4.69, 9.17) is 4.74 Å². The number of nitrogens with zero attached hydrogens (tertiary/aromatic N) is 3. The predicted molar refractivity (Wildman–Crippen MR) is 91.0 cm³/mol. The summed E-state index contributed by atoms with van der Waals surface area (Å²) in [4.78, 5) is 14.8. The third kappa shape index (κ3) is 2.43. The average molecular weight is 333 g/mol. The maximum absolute atomic E-state index is 12.9. The monoisotopic (exact) mass is 333 g/mol. The number of aromatic nitrogens is 3. The highest BCUT2D eigenvalue weighted by Gasteiger charge is 2.43. The van der Waals surface area contributed by atoms with Crippen LogP contribution < -0.4 is 5.56 Å². The van der Waals surface area contributed by atoms with Gasteiger partial charge in [0.05, 0.1) is 5.39 Å². The molecule has 2 fully saturated rings. The van der Waals surface area contributed by atoms with E-state index < -0.39 is 0 Å². The lowest BCUT2D eigenvalue weighted by Crippen LogP contribution is -2.37. The van der Waals surface area contributed by atoms with Gasteiger partial charge in [-0.25, -0.2) is 4.68 Å². The van der Waals surface area contributed by atoms with E-state index in [0.29, 0.717) is 17.9 Å². The summed E-state index contributed by atoms with van der Waals surface area (Å²) in [7, 11) is 0. The van der Waals surface area contributed by atoms with E-state index in [1.54, 1.807) is 16.0 Å². The first-order chi connectivity index (χ1) is 11.1. The Kier molecular flexibility index (Phi) is 3.76. The molecule has 2 aromatic rings. The van der Waals surface area contributed by atoms with E-state index in [0.717, 1.165) is 46.7 Å². The minimum absolute atomic E-state index is 0.0333. The van der Waals surface area contributed by atoms with Crippen molar-refractivity contribution >= 4 is 21.6 Å². The number of rotatable bonds is 2. The van der Waals surface area contributed by atoms with Gasteiger partial charge in [-0.1, -0.05) is 11.6 Å². The number of aryl methyl sites for hydroxylation is 2. The average Bonchev–Trinajstić information content (AvgIpc) is 3.05. The zero-order chi connectivity index (χ0) is 16.0. The topological polar surface area (TPSA) is 57.0 Å². The third-order valence-electron chi connectivity index (χ3n) is 6.03. The van der Waals surface area contributed by atoms with Crippen LogP contribution in [0.5, 0.6) is 0 Å². The van der Waals surface area contributed by atoms with Crippen LogP contribution in [0.2, 0.25) is 0 Å². The van der Waals surface area contributed by atoms with Crippen LogP contribution in [0.15, 0.2) is 4.79 Å². The van der Waals surface area contributed by atoms with Crippen molar-refractivity contribution < 1.29 is 4.74 Å². The molecule has 0 bridgehead atoms. The zero-order valence-electron chi connectivity index (χ0n) is 13.8. The highest BCUT2D eigenvalue weighted by atomic mass is 32.1. The first kappa shape index (κ1) is 15.3. The fourth-order valence-electron chi connectivity index (χ4n) is 4.46. The van der Waals surface area contributed by atoms with Crippen molar-refractivity contribution in [2.45, 2.75) is 52.5 Å². The molecule has 0 N–H and O–H groups in total. The maximum atomic E-state index is 12.9. The summed E-state index contributed by atoms with van der Waals surface area (Å²) in [5.41, 5.74) is 1.45. The van der Waals surface area contributed by atoms with Crippen molar-refractivity contribution in [2.75, 3.05) is 13.2 Å². The Morgan fingerprint density at radius 1 is 1.30 bits per heavy atom. The van der Waals surface area contributed by atoms with Crippen LogP contribution in [0.25, 0.3) is 10.2 Å². The summed E-state index contributed by atoms with van der Waals surface area (Å²) in [6, 6.07) is 0. The second-order valence-electron chi connectivity index (χ2n) is 7.10. The van der Waals surface area contributed by atoms with Crippen LogP contribution in [0.3, 0.4) is 0 Å². The van der Waals surface area contributed by atoms with Gasteiger partial charge in [-0.2, -0.15) is 0 Å². The van der Waals surface area contributed by atoms with E-state index in [-0.39, 0.29) is 5.56 Å². The summed E-state index contributed by atoms with van der Waals surface area (Å²) < 4.78 is 7.18. The molecule has 4 rings (SSSR count). The second kappa shape index (κ2) is 5.67. The van der Waals surface area contributed by atoms with Gasteiger partial charge in [-0.05, 0) is 56.4 Å². The standard InChI is InChI=1S/C17H23N3O2S/c1-11-12(2)23-15-14(11)16(21)20(19-18-15)10-13-4-3-5-17(13)6-8-22-9-7-17/h13H,3-10H2,1-2H3. The highest BCUT2D eigenvalue weighted by Crippen LogP contribution is 2.50. The lowest BCUT2D eigenvalue weighted by Gasteiger charge is -2.38. The number of hydrogen-bond donors (Lipinski definition) is 0. The van der Waals surface area contributed by atoms with Gasteiger partial charge in [0.25, 0.3) is 5.56 Å². The molecule has 2 aromatic heterocycles. The first-order valence-electron chi connectivity index (χ1n) is 8.52. The van der Waals surface area contributed by atoms with Crippen molar-refractivity contribution in [2.24, 2.45) is 11.3 Å². The Morgan fingerprint density at radius 2 is 2.09 bits per heavy atom. The van der Waals surface area contributed by atoms with Crippen LogP contribution >= 0.6 is 11.3 Å². The molecule has 1 aliphatic carbocycles. The molecule has 1 unspecified atom stereocenters. The molecule has 1 atom stereocenters. The number of ether oxygens (including phenoxy) is 1. The maximum Gasteiger partial charge on any atom is 0.278 e. The van der Waals surface area contributed by atoms with Crippen LogP contribution in [0.1, 0.15) is 42.5 Å². The summed E-state index contributed by atoms with van der Waals surface area (Å²) >= 11 is 1.56. The van der Waals surface area contributed by atoms with E-state index in [1.165, 1.54) is 19.3 Å². The summed E-state index contributed by atoms with van der Waals surface area (Å²) in [6.45, 7) is 6.48. The molecule has 6 heteroatoms. The molecule has 1 saturated carbocycles. The predicted octanol–water partition coefficient (Wildman–Crippen LogP) is 3.07. The summed E-state index contributed by atoms with van der Waals surface area (Å²) in [5, 5.41) is 9.31. The molecule has 3 heterocycles. The van der Waals surface area contributed by atoms with E-state index in [1.807, 2.05) is 13.8 Å². The van der Waals surface area contributed by atoms with Gasteiger partial charge < -0.3 is 4.74 Å². The number of hydrogen-bond acceptors (Lipinski definition) is 5. The molecular formula is C17H23N3O2S. The van der Waals surface area contributed by atoms with Gasteiger partial charge >= 0.3 is 0 Å². The zero-order valence-corrected chi connectivity index (χ0v) is 14.6. The van der Waals surface area contributed by atoms with Crippen molar-refractivity contribution in [1.82, 2.24) is 15.0 Å². The largest absolute Gasteiger partial charge is 0.381 e. The molecule has 0 amide bonds. The smallest absolute Gasteiger partial charge is 0.278 e. The van der Waals surface area contributed by atoms with Crippen molar-refractivity contribution in [1.29, 1.82) is 0 Å². The fourth-order valence-corrected chi connectivity index (χ4v) is 5.42. The Labute approximate surface area is 139 Å². The molecule has 124 valence electrons. The second-order valence-corrected chi connectivity index (χ2v) is 8.31. The lowest BCUT2D eigenvalue weighted by molar-refractivity contribution is -0.0107. The normalized spacial score (nSPS) is 23.8. The van der Waals surface area contributed by atoms with Crippen molar-refractivity contribution in [3.05, 3.63) is 20.8 Å². The van der Waals surface area contributed by atoms with Crippen LogP contribution in [0.4, 0.5) is 0 Å². The molecule has 1 aliphatic heterocycles. The third-order valence-corrected chi connectivity index (χ3v) is 7.13. The first-order valence-corrected chi connectivity index (χ1v) is 9.34. The van der Waals surface area contributed by atoms with E-state index in [9.17, 15) is 4.79 Å². The number of thiophene rings is 1. The molecule has 23 heavy (non-hydrogen) atoms. The van der Waals surface area contributed by atoms with Crippen LogP contribution in [-0.4, -0.2) is 28.2 Å². The summed E-state index contributed by atoms with van der Waals surface area (Å²) in [5.74, 6) is 0.524. The Hall–Kier alpha value is -1.27. The molecule has 2 aliphatic rings. The van der Waals surface area contributed by atoms with E-state index >= 15 is 0 Å². The van der Waals surface area contributed by atoms with Crippen LogP contribution in [0, 0.1) is 25.2 Å². The van der Waals surface area contributed by atoms with Crippen molar-refractivity contribution in [3.8, 4) is 0 Å². The molecule has 1 spiro atoms. The van der Waals surface area contributed by atoms with Gasteiger partial charge in [0.2, 0.25) is 0 Å². The summed E-state index contributed by atoms with van der Waals surface area (Å²) in [6.07, 6.45) is 5.96. The lowest BCUT2D eigenvalue weighted by atomic mass is 9.72. The van der Waals surface area contributed by atoms with Gasteiger partial charge in [0.1, 0.15) is 0 Å². The SMILES string of the molecule is Cc1sc2nnn(CC3CCCC34CCOCC4)c(=O)c2c1C. The number of fused-ring (bicyclic) bond motifs is 1. The minimum Gasteiger partial charge on any atom is -0.381 e. The van der Waals surface area contributed by atoms with E-state index in [2.05, 4.69) is 10.3 Å². The van der Waals surface area contributed by atoms with Gasteiger partial charge in [-0.3, -0.25) is 4.79 Å².